The molecule has 2 nitrogen and oxygen atoms in total. The second-order valence-electron chi connectivity index (χ2n) is 5.43. The normalized spacial score (nSPS) is 27.2. The van der Waals surface area contributed by atoms with Crippen LogP contribution in [0, 0.1) is 5.92 Å². The predicted molar refractivity (Wildman–Crippen MR) is 60.9 cm³/mol. The second kappa shape index (κ2) is 5.57. The minimum atomic E-state index is -4.02. The minimum absolute atomic E-state index is 0.197. The van der Waals surface area contributed by atoms with Gasteiger partial charge in [0.05, 0.1) is 11.5 Å². The zero-order valence-corrected chi connectivity index (χ0v) is 10.7. The summed E-state index contributed by atoms with van der Waals surface area (Å²) in [6.07, 6.45) is -2.33. The molecular weight excluding hydrogens is 231 g/mol. The van der Waals surface area contributed by atoms with Crippen molar-refractivity contribution >= 4 is 0 Å². The molecule has 0 saturated heterocycles. The lowest BCUT2D eigenvalue weighted by Crippen LogP contribution is -2.44. The van der Waals surface area contributed by atoms with E-state index in [9.17, 15) is 13.2 Å². The Kier molecular flexibility index (Phi) is 4.84. The zero-order valence-electron chi connectivity index (χ0n) is 10.7. The maximum absolute atomic E-state index is 12.5. The van der Waals surface area contributed by atoms with Crippen LogP contribution in [0.15, 0.2) is 0 Å². The van der Waals surface area contributed by atoms with Crippen LogP contribution in [-0.2, 0) is 4.74 Å². The van der Waals surface area contributed by atoms with Crippen molar-refractivity contribution in [3.63, 3.8) is 0 Å². The Balaban J connectivity index is 2.29. The van der Waals surface area contributed by atoms with E-state index in [4.69, 9.17) is 4.74 Å². The van der Waals surface area contributed by atoms with Gasteiger partial charge in [-0.3, -0.25) is 0 Å². The summed E-state index contributed by atoms with van der Waals surface area (Å²) in [5, 5.41) is 3.29. The molecule has 5 heteroatoms. The van der Waals surface area contributed by atoms with Crippen molar-refractivity contribution < 1.29 is 17.9 Å². The van der Waals surface area contributed by atoms with Crippen LogP contribution >= 0.6 is 0 Å². The number of hydrogen-bond donors (Lipinski definition) is 1. The van der Waals surface area contributed by atoms with Crippen molar-refractivity contribution in [2.24, 2.45) is 5.92 Å². The van der Waals surface area contributed by atoms with E-state index in [1.54, 1.807) is 7.11 Å². The van der Waals surface area contributed by atoms with Gasteiger partial charge in [0.2, 0.25) is 0 Å². The van der Waals surface area contributed by atoms with Crippen molar-refractivity contribution in [3.05, 3.63) is 0 Å². The molecule has 0 amide bonds. The average Bonchev–Trinajstić information content (AvgIpc) is 2.26. The molecule has 1 N–H and O–H groups in total. The van der Waals surface area contributed by atoms with Crippen molar-refractivity contribution in [1.29, 1.82) is 0 Å². The molecule has 0 bridgehead atoms. The van der Waals surface area contributed by atoms with Gasteiger partial charge in [0.1, 0.15) is 0 Å². The topological polar surface area (TPSA) is 21.3 Å². The number of halogens is 3. The van der Waals surface area contributed by atoms with E-state index in [-0.39, 0.29) is 24.5 Å². The van der Waals surface area contributed by atoms with Gasteiger partial charge < -0.3 is 10.1 Å². The molecule has 1 rings (SSSR count). The first-order valence-electron chi connectivity index (χ1n) is 6.10. The van der Waals surface area contributed by atoms with Crippen LogP contribution in [-0.4, -0.2) is 31.5 Å². The molecule has 0 aromatic rings. The highest BCUT2D eigenvalue weighted by Gasteiger charge is 2.41. The van der Waals surface area contributed by atoms with E-state index >= 15 is 0 Å². The Hall–Kier alpha value is -0.290. The fourth-order valence-corrected chi connectivity index (χ4v) is 2.09. The molecular formula is C12H22F3NO. The molecule has 0 heterocycles. The van der Waals surface area contributed by atoms with E-state index in [0.717, 1.165) is 0 Å². The third kappa shape index (κ3) is 4.84. The van der Waals surface area contributed by atoms with E-state index < -0.39 is 12.1 Å². The summed E-state index contributed by atoms with van der Waals surface area (Å²) in [5.41, 5.74) is -0.263. The zero-order chi connectivity index (χ0) is 13.1. The number of alkyl halides is 3. The van der Waals surface area contributed by atoms with E-state index in [1.165, 1.54) is 0 Å². The van der Waals surface area contributed by atoms with Crippen molar-refractivity contribution in [3.8, 4) is 0 Å². The summed E-state index contributed by atoms with van der Waals surface area (Å²) in [7, 11) is 1.64. The van der Waals surface area contributed by atoms with Gasteiger partial charge in [-0.2, -0.15) is 13.2 Å². The molecule has 1 fully saturated rings. The fourth-order valence-electron chi connectivity index (χ4n) is 2.09. The van der Waals surface area contributed by atoms with Crippen LogP contribution in [0.1, 0.15) is 39.5 Å². The molecule has 0 spiro atoms. The number of methoxy groups -OCH3 is 1. The van der Waals surface area contributed by atoms with Gasteiger partial charge in [-0.05, 0) is 39.5 Å². The highest BCUT2D eigenvalue weighted by molar-refractivity contribution is 4.83. The van der Waals surface area contributed by atoms with Gasteiger partial charge in [0.15, 0.2) is 0 Å². The quantitative estimate of drug-likeness (QED) is 0.831. The van der Waals surface area contributed by atoms with Crippen LogP contribution in [0.3, 0.4) is 0 Å². The molecule has 1 aliphatic rings. The SMILES string of the molecule is COC(C)(C)CNC1CCC(C(F)(F)F)CC1. The highest BCUT2D eigenvalue weighted by Crippen LogP contribution is 2.37. The van der Waals surface area contributed by atoms with Gasteiger partial charge in [0.25, 0.3) is 0 Å². The molecule has 102 valence electrons. The smallest absolute Gasteiger partial charge is 0.377 e. The molecule has 1 saturated carbocycles. The number of ether oxygens (including phenoxy) is 1. The fraction of sp³-hybridized carbons (Fsp3) is 1.00. The lowest BCUT2D eigenvalue weighted by molar-refractivity contribution is -0.182. The van der Waals surface area contributed by atoms with Gasteiger partial charge >= 0.3 is 6.18 Å². The van der Waals surface area contributed by atoms with Crippen LogP contribution < -0.4 is 5.32 Å². The molecule has 0 aromatic heterocycles. The van der Waals surface area contributed by atoms with Crippen molar-refractivity contribution in [2.75, 3.05) is 13.7 Å². The Bertz CT molecular complexity index is 232. The van der Waals surface area contributed by atoms with E-state index in [0.29, 0.717) is 19.4 Å². The predicted octanol–water partition coefficient (Wildman–Crippen LogP) is 3.12. The van der Waals surface area contributed by atoms with Gasteiger partial charge in [-0.25, -0.2) is 0 Å². The Morgan fingerprint density at radius 2 is 1.65 bits per heavy atom. The van der Waals surface area contributed by atoms with Gasteiger partial charge in [-0.15, -0.1) is 0 Å². The Labute approximate surface area is 101 Å². The first-order chi connectivity index (χ1) is 7.74. The summed E-state index contributed by atoms with van der Waals surface area (Å²) in [4.78, 5) is 0. The molecule has 0 aromatic carbocycles. The third-order valence-corrected chi connectivity index (χ3v) is 3.56. The molecule has 0 aliphatic heterocycles. The molecule has 0 atom stereocenters. The maximum atomic E-state index is 12.5. The number of rotatable bonds is 4. The van der Waals surface area contributed by atoms with Crippen molar-refractivity contribution in [2.45, 2.75) is 57.3 Å². The summed E-state index contributed by atoms with van der Waals surface area (Å²) >= 11 is 0. The molecule has 0 unspecified atom stereocenters. The van der Waals surface area contributed by atoms with E-state index in [2.05, 4.69) is 5.32 Å². The summed E-state index contributed by atoms with van der Waals surface area (Å²) in [6.45, 7) is 4.59. The summed E-state index contributed by atoms with van der Waals surface area (Å²) in [6, 6.07) is 0.197. The van der Waals surface area contributed by atoms with Crippen LogP contribution in [0.25, 0.3) is 0 Å². The van der Waals surface area contributed by atoms with Gasteiger partial charge in [0, 0.05) is 19.7 Å². The standard InChI is InChI=1S/C12H22F3NO/c1-11(2,17-3)8-16-10-6-4-9(5-7-10)12(13,14)15/h9-10,16H,4-8H2,1-3H3. The monoisotopic (exact) mass is 253 g/mol. The summed E-state index contributed by atoms with van der Waals surface area (Å²) in [5.74, 6) is -1.10. The third-order valence-electron chi connectivity index (χ3n) is 3.56. The maximum Gasteiger partial charge on any atom is 0.391 e. The first-order valence-corrected chi connectivity index (χ1v) is 6.10. The van der Waals surface area contributed by atoms with Crippen LogP contribution in [0.5, 0.6) is 0 Å². The summed E-state index contributed by atoms with van der Waals surface area (Å²) < 4.78 is 42.6. The van der Waals surface area contributed by atoms with Crippen molar-refractivity contribution in [1.82, 2.24) is 5.32 Å². The number of hydrogen-bond acceptors (Lipinski definition) is 2. The molecule has 1 aliphatic carbocycles. The molecule has 0 radical (unpaired) electrons. The average molecular weight is 253 g/mol. The Morgan fingerprint density at radius 3 is 2.06 bits per heavy atom. The van der Waals surface area contributed by atoms with E-state index in [1.807, 2.05) is 13.8 Å². The largest absolute Gasteiger partial charge is 0.391 e. The van der Waals surface area contributed by atoms with Crippen LogP contribution in [0.2, 0.25) is 0 Å². The van der Waals surface area contributed by atoms with Crippen LogP contribution in [0.4, 0.5) is 13.2 Å². The minimum Gasteiger partial charge on any atom is -0.377 e. The lowest BCUT2D eigenvalue weighted by atomic mass is 9.85. The first kappa shape index (κ1) is 14.8. The lowest BCUT2D eigenvalue weighted by Gasteiger charge is -2.33. The number of nitrogens with one attached hydrogen (secondary N) is 1. The highest BCUT2D eigenvalue weighted by atomic mass is 19.4. The van der Waals surface area contributed by atoms with Gasteiger partial charge in [-0.1, -0.05) is 0 Å². The Morgan fingerprint density at radius 1 is 1.12 bits per heavy atom. The molecule has 17 heavy (non-hydrogen) atoms. The second-order valence-corrected chi connectivity index (χ2v) is 5.43.